The maximum atomic E-state index is 12.0. The number of methoxy groups -OCH3 is 1. The van der Waals surface area contributed by atoms with Gasteiger partial charge in [0.15, 0.2) is 0 Å². The SMILES string of the molecule is CO[C@H]1CNC[C@@H]1NC(=O)Cc1nc(C)sc1C. The van der Waals surface area contributed by atoms with Gasteiger partial charge in [-0.1, -0.05) is 0 Å². The number of carbonyl (C=O) groups is 1. The highest BCUT2D eigenvalue weighted by atomic mass is 32.1. The van der Waals surface area contributed by atoms with Gasteiger partial charge in [-0.05, 0) is 13.8 Å². The number of hydrogen-bond acceptors (Lipinski definition) is 5. The molecule has 1 saturated heterocycles. The van der Waals surface area contributed by atoms with Crippen LogP contribution in [0.4, 0.5) is 0 Å². The van der Waals surface area contributed by atoms with E-state index in [0.717, 1.165) is 28.7 Å². The number of amides is 1. The molecule has 1 fully saturated rings. The number of hydrogen-bond donors (Lipinski definition) is 2. The Morgan fingerprint density at radius 3 is 2.94 bits per heavy atom. The lowest BCUT2D eigenvalue weighted by Gasteiger charge is -2.18. The van der Waals surface area contributed by atoms with Crippen LogP contribution in [-0.4, -0.2) is 43.2 Å². The van der Waals surface area contributed by atoms with Gasteiger partial charge in [0.2, 0.25) is 5.91 Å². The fraction of sp³-hybridized carbons (Fsp3) is 0.667. The molecule has 1 aromatic rings. The molecule has 2 atom stereocenters. The summed E-state index contributed by atoms with van der Waals surface area (Å²) in [6, 6.07) is 0.0579. The van der Waals surface area contributed by atoms with Gasteiger partial charge in [0.25, 0.3) is 0 Å². The number of nitrogens with zero attached hydrogens (tertiary/aromatic N) is 1. The van der Waals surface area contributed by atoms with E-state index in [4.69, 9.17) is 4.74 Å². The van der Waals surface area contributed by atoms with Crippen molar-refractivity contribution < 1.29 is 9.53 Å². The molecule has 0 unspecified atom stereocenters. The van der Waals surface area contributed by atoms with Crippen LogP contribution < -0.4 is 10.6 Å². The third-order valence-electron chi connectivity index (χ3n) is 3.14. The van der Waals surface area contributed by atoms with Crippen molar-refractivity contribution in [2.45, 2.75) is 32.4 Å². The fourth-order valence-electron chi connectivity index (χ4n) is 2.19. The topological polar surface area (TPSA) is 63.2 Å². The van der Waals surface area contributed by atoms with Crippen LogP contribution in [-0.2, 0) is 16.0 Å². The highest BCUT2D eigenvalue weighted by molar-refractivity contribution is 7.11. The van der Waals surface area contributed by atoms with Crippen molar-refractivity contribution in [1.82, 2.24) is 15.6 Å². The summed E-state index contributed by atoms with van der Waals surface area (Å²) in [5, 5.41) is 7.21. The lowest BCUT2D eigenvalue weighted by Crippen LogP contribution is -2.44. The van der Waals surface area contributed by atoms with E-state index in [2.05, 4.69) is 15.6 Å². The van der Waals surface area contributed by atoms with E-state index >= 15 is 0 Å². The molecular formula is C12H19N3O2S. The monoisotopic (exact) mass is 269 g/mol. The summed E-state index contributed by atoms with van der Waals surface area (Å²) < 4.78 is 5.31. The Morgan fingerprint density at radius 1 is 1.56 bits per heavy atom. The number of ether oxygens (including phenoxy) is 1. The van der Waals surface area contributed by atoms with Crippen LogP contribution in [0.25, 0.3) is 0 Å². The zero-order chi connectivity index (χ0) is 13.1. The first-order chi connectivity index (χ1) is 8.60. The Kier molecular flexibility index (Phi) is 4.31. The van der Waals surface area contributed by atoms with Gasteiger partial charge < -0.3 is 15.4 Å². The van der Waals surface area contributed by atoms with E-state index < -0.39 is 0 Å². The molecule has 0 bridgehead atoms. The summed E-state index contributed by atoms with van der Waals surface area (Å²) in [6.07, 6.45) is 0.413. The van der Waals surface area contributed by atoms with E-state index in [0.29, 0.717) is 6.42 Å². The van der Waals surface area contributed by atoms with Crippen molar-refractivity contribution in [3.8, 4) is 0 Å². The molecule has 100 valence electrons. The minimum atomic E-state index is 0.0131. The summed E-state index contributed by atoms with van der Waals surface area (Å²) in [5.74, 6) is 0.0131. The van der Waals surface area contributed by atoms with E-state index in [9.17, 15) is 4.79 Å². The molecule has 5 nitrogen and oxygen atoms in total. The summed E-state index contributed by atoms with van der Waals surface area (Å²) in [5.41, 5.74) is 0.884. The smallest absolute Gasteiger partial charge is 0.226 e. The third-order valence-corrected chi connectivity index (χ3v) is 4.06. The Morgan fingerprint density at radius 2 is 2.33 bits per heavy atom. The second-order valence-corrected chi connectivity index (χ2v) is 5.93. The second-order valence-electron chi connectivity index (χ2n) is 4.52. The van der Waals surface area contributed by atoms with Crippen molar-refractivity contribution in [3.63, 3.8) is 0 Å². The fourth-order valence-corrected chi connectivity index (χ4v) is 3.03. The van der Waals surface area contributed by atoms with Gasteiger partial charge in [0.05, 0.1) is 29.3 Å². The Labute approximate surface area is 111 Å². The van der Waals surface area contributed by atoms with Crippen LogP contribution in [0, 0.1) is 13.8 Å². The van der Waals surface area contributed by atoms with Gasteiger partial charge >= 0.3 is 0 Å². The maximum Gasteiger partial charge on any atom is 0.226 e. The molecule has 6 heteroatoms. The summed E-state index contributed by atoms with van der Waals surface area (Å²) >= 11 is 1.63. The average Bonchev–Trinajstić information content (AvgIpc) is 2.86. The van der Waals surface area contributed by atoms with E-state index in [1.54, 1.807) is 18.4 Å². The van der Waals surface area contributed by atoms with Crippen LogP contribution in [0.5, 0.6) is 0 Å². The summed E-state index contributed by atoms with van der Waals surface area (Å²) in [7, 11) is 1.67. The van der Waals surface area contributed by atoms with Gasteiger partial charge in [-0.15, -0.1) is 11.3 Å². The van der Waals surface area contributed by atoms with Gasteiger partial charge in [-0.25, -0.2) is 4.98 Å². The number of thiazole rings is 1. The number of aromatic nitrogens is 1. The highest BCUT2D eigenvalue weighted by Gasteiger charge is 2.28. The number of nitrogens with one attached hydrogen (secondary N) is 2. The summed E-state index contributed by atoms with van der Waals surface area (Å²) in [4.78, 5) is 17.5. The van der Waals surface area contributed by atoms with Crippen molar-refractivity contribution in [2.75, 3.05) is 20.2 Å². The molecule has 2 heterocycles. The zero-order valence-corrected chi connectivity index (χ0v) is 11.8. The highest BCUT2D eigenvalue weighted by Crippen LogP contribution is 2.16. The Bertz CT molecular complexity index is 433. The van der Waals surface area contributed by atoms with Crippen LogP contribution in [0.1, 0.15) is 15.6 Å². The molecule has 0 radical (unpaired) electrons. The first kappa shape index (κ1) is 13.5. The lowest BCUT2D eigenvalue weighted by atomic mass is 10.2. The quantitative estimate of drug-likeness (QED) is 0.831. The Balaban J connectivity index is 1.91. The lowest BCUT2D eigenvalue weighted by molar-refractivity contribution is -0.121. The first-order valence-corrected chi connectivity index (χ1v) is 6.87. The molecule has 0 aliphatic carbocycles. The minimum absolute atomic E-state index is 0.0131. The molecule has 2 rings (SSSR count). The van der Waals surface area contributed by atoms with Crippen molar-refractivity contribution in [2.24, 2.45) is 0 Å². The predicted octanol–water partition coefficient (Wildman–Crippen LogP) is 0.405. The number of carbonyl (C=O) groups excluding carboxylic acids is 1. The van der Waals surface area contributed by atoms with E-state index in [1.165, 1.54) is 0 Å². The molecule has 1 aliphatic rings. The van der Waals surface area contributed by atoms with Gasteiger partial charge in [0, 0.05) is 25.1 Å². The Hall–Kier alpha value is -0.980. The molecule has 2 N–H and O–H groups in total. The molecule has 0 spiro atoms. The van der Waals surface area contributed by atoms with Gasteiger partial charge in [0.1, 0.15) is 0 Å². The number of aryl methyl sites for hydroxylation is 2. The maximum absolute atomic E-state index is 12.0. The zero-order valence-electron chi connectivity index (χ0n) is 10.9. The molecule has 0 aromatic carbocycles. The third kappa shape index (κ3) is 3.07. The molecular weight excluding hydrogens is 250 g/mol. The average molecular weight is 269 g/mol. The number of rotatable bonds is 4. The van der Waals surface area contributed by atoms with E-state index in [1.807, 2.05) is 13.8 Å². The van der Waals surface area contributed by atoms with Gasteiger partial charge in [-0.2, -0.15) is 0 Å². The normalized spacial score (nSPS) is 23.3. The van der Waals surface area contributed by atoms with Crippen molar-refractivity contribution in [3.05, 3.63) is 15.6 Å². The van der Waals surface area contributed by atoms with E-state index in [-0.39, 0.29) is 18.1 Å². The van der Waals surface area contributed by atoms with Gasteiger partial charge in [-0.3, -0.25) is 4.79 Å². The summed E-state index contributed by atoms with van der Waals surface area (Å²) in [6.45, 7) is 5.51. The largest absolute Gasteiger partial charge is 0.378 e. The van der Waals surface area contributed by atoms with Crippen molar-refractivity contribution in [1.29, 1.82) is 0 Å². The molecule has 1 aromatic heterocycles. The standard InChI is InChI=1S/C12H19N3O2S/c1-7-9(14-8(2)18-7)4-12(16)15-10-5-13-6-11(10)17-3/h10-11,13H,4-6H2,1-3H3,(H,15,16)/t10-,11-/m0/s1. The van der Waals surface area contributed by atoms with Crippen LogP contribution in [0.3, 0.4) is 0 Å². The second kappa shape index (κ2) is 5.77. The molecule has 18 heavy (non-hydrogen) atoms. The van der Waals surface area contributed by atoms with Crippen LogP contribution in [0.2, 0.25) is 0 Å². The molecule has 1 amide bonds. The van der Waals surface area contributed by atoms with Crippen LogP contribution in [0.15, 0.2) is 0 Å². The first-order valence-electron chi connectivity index (χ1n) is 6.06. The van der Waals surface area contributed by atoms with Crippen LogP contribution >= 0.6 is 11.3 Å². The molecule has 1 aliphatic heterocycles. The minimum Gasteiger partial charge on any atom is -0.378 e. The predicted molar refractivity (Wildman–Crippen MR) is 70.9 cm³/mol. The molecule has 0 saturated carbocycles. The van der Waals surface area contributed by atoms with Crippen molar-refractivity contribution >= 4 is 17.2 Å².